The van der Waals surface area contributed by atoms with Crippen molar-refractivity contribution >= 4 is 28.1 Å². The Hall–Kier alpha value is -3.71. The zero-order valence-corrected chi connectivity index (χ0v) is 16.8. The lowest BCUT2D eigenvalue weighted by Crippen LogP contribution is -2.21. The van der Waals surface area contributed by atoms with E-state index in [9.17, 15) is 5.11 Å². The van der Waals surface area contributed by atoms with Crippen LogP contribution in [0.4, 0.5) is 11.5 Å². The second kappa shape index (κ2) is 6.96. The van der Waals surface area contributed by atoms with E-state index in [-0.39, 0.29) is 0 Å². The number of aliphatic hydroxyl groups is 1. The third kappa shape index (κ3) is 3.62. The summed E-state index contributed by atoms with van der Waals surface area (Å²) in [7, 11) is 0. The van der Waals surface area contributed by atoms with Crippen LogP contribution in [0, 0.1) is 0 Å². The highest BCUT2D eigenvalue weighted by molar-refractivity contribution is 5.83. The molecule has 150 valence electrons. The lowest BCUT2D eigenvalue weighted by atomic mass is 9.99. The Morgan fingerprint density at radius 2 is 1.97 bits per heavy atom. The topological polar surface area (TPSA) is 91.1 Å². The smallest absolute Gasteiger partial charge is 0.180 e. The Morgan fingerprint density at radius 1 is 1.13 bits per heavy atom. The molecule has 0 saturated carbocycles. The predicted octanol–water partition coefficient (Wildman–Crippen LogP) is 4.33. The Morgan fingerprint density at radius 3 is 2.77 bits per heavy atom. The molecule has 0 radical (unpaired) electrons. The first kappa shape index (κ1) is 18.3. The standard InChI is InChI=1S/C23H22N6O/c1-23(2,30)12-15-3-7-18(8-4-15)26-21-22-24-9-10-29(22)14-20(27-21)16-5-6-17-13-25-28-19(17)11-16/h3-11,13-14,30H,12H2,1-2H3,(H,25,28)(H,26,27). The summed E-state index contributed by atoms with van der Waals surface area (Å²) in [5.41, 5.74) is 4.80. The van der Waals surface area contributed by atoms with Gasteiger partial charge in [-0.1, -0.05) is 24.3 Å². The van der Waals surface area contributed by atoms with E-state index in [0.29, 0.717) is 12.2 Å². The predicted molar refractivity (Wildman–Crippen MR) is 118 cm³/mol. The van der Waals surface area contributed by atoms with Crippen molar-refractivity contribution in [2.75, 3.05) is 5.32 Å². The number of imidazole rings is 1. The molecule has 0 aliphatic heterocycles. The van der Waals surface area contributed by atoms with Gasteiger partial charge in [-0.3, -0.25) is 5.10 Å². The summed E-state index contributed by atoms with van der Waals surface area (Å²) < 4.78 is 1.96. The highest BCUT2D eigenvalue weighted by Crippen LogP contribution is 2.27. The van der Waals surface area contributed by atoms with Crippen molar-refractivity contribution in [1.82, 2.24) is 24.6 Å². The SMILES string of the molecule is CC(C)(O)Cc1ccc(Nc2nc(-c3ccc4cn[nH]c4c3)cn3ccnc23)cc1. The van der Waals surface area contributed by atoms with Gasteiger partial charge >= 0.3 is 0 Å². The Bertz CT molecular complexity index is 1330. The van der Waals surface area contributed by atoms with Crippen LogP contribution in [0.25, 0.3) is 27.8 Å². The molecule has 7 nitrogen and oxygen atoms in total. The molecular formula is C23H22N6O. The van der Waals surface area contributed by atoms with Crippen LogP contribution in [-0.2, 0) is 6.42 Å². The molecule has 0 bridgehead atoms. The second-order valence-corrected chi connectivity index (χ2v) is 8.12. The maximum absolute atomic E-state index is 10.0. The highest BCUT2D eigenvalue weighted by Gasteiger charge is 2.14. The van der Waals surface area contributed by atoms with Gasteiger partial charge in [0, 0.05) is 41.6 Å². The molecule has 0 aliphatic rings. The van der Waals surface area contributed by atoms with Gasteiger partial charge in [-0.2, -0.15) is 5.10 Å². The normalized spacial score (nSPS) is 12.0. The van der Waals surface area contributed by atoms with E-state index in [1.165, 1.54) is 0 Å². The van der Waals surface area contributed by atoms with Crippen molar-refractivity contribution in [3.63, 3.8) is 0 Å². The number of rotatable bonds is 5. The van der Waals surface area contributed by atoms with Crippen LogP contribution in [0.1, 0.15) is 19.4 Å². The maximum atomic E-state index is 10.0. The molecule has 3 aromatic heterocycles. The van der Waals surface area contributed by atoms with Gasteiger partial charge in [-0.05, 0) is 37.6 Å². The highest BCUT2D eigenvalue weighted by atomic mass is 16.3. The molecule has 0 spiro atoms. The summed E-state index contributed by atoms with van der Waals surface area (Å²) in [5.74, 6) is 0.678. The van der Waals surface area contributed by atoms with Gasteiger partial charge in [0.2, 0.25) is 0 Å². The maximum Gasteiger partial charge on any atom is 0.180 e. The molecular weight excluding hydrogens is 376 g/mol. The van der Waals surface area contributed by atoms with Crippen LogP contribution >= 0.6 is 0 Å². The van der Waals surface area contributed by atoms with E-state index in [1.807, 2.05) is 73.1 Å². The molecule has 7 heteroatoms. The summed E-state index contributed by atoms with van der Waals surface area (Å²) >= 11 is 0. The Balaban J connectivity index is 1.50. The number of hydrogen-bond donors (Lipinski definition) is 3. The van der Waals surface area contributed by atoms with Gasteiger partial charge in [-0.25, -0.2) is 9.97 Å². The fraction of sp³-hybridized carbons (Fsp3) is 0.174. The fourth-order valence-corrected chi connectivity index (χ4v) is 3.59. The first-order valence-electron chi connectivity index (χ1n) is 9.80. The van der Waals surface area contributed by atoms with E-state index in [0.717, 1.165) is 39.1 Å². The molecule has 0 aliphatic carbocycles. The van der Waals surface area contributed by atoms with E-state index in [4.69, 9.17) is 4.98 Å². The van der Waals surface area contributed by atoms with Crippen molar-refractivity contribution < 1.29 is 5.11 Å². The van der Waals surface area contributed by atoms with Crippen LogP contribution < -0.4 is 5.32 Å². The van der Waals surface area contributed by atoms with E-state index < -0.39 is 5.60 Å². The minimum absolute atomic E-state index is 0.599. The van der Waals surface area contributed by atoms with Crippen LogP contribution in [-0.4, -0.2) is 35.3 Å². The summed E-state index contributed by atoms with van der Waals surface area (Å²) in [4.78, 5) is 9.29. The minimum atomic E-state index is -0.734. The molecule has 2 aromatic carbocycles. The van der Waals surface area contributed by atoms with Crippen molar-refractivity contribution in [3.05, 3.63) is 72.8 Å². The van der Waals surface area contributed by atoms with Gasteiger partial charge < -0.3 is 14.8 Å². The lowest BCUT2D eigenvalue weighted by Gasteiger charge is -2.17. The van der Waals surface area contributed by atoms with Gasteiger partial charge in [0.15, 0.2) is 11.5 Å². The molecule has 30 heavy (non-hydrogen) atoms. The van der Waals surface area contributed by atoms with Gasteiger partial charge in [0.25, 0.3) is 0 Å². The summed E-state index contributed by atoms with van der Waals surface area (Å²) in [5, 5.41) is 21.6. The molecule has 5 aromatic rings. The van der Waals surface area contributed by atoms with Crippen LogP contribution in [0.2, 0.25) is 0 Å². The van der Waals surface area contributed by atoms with Crippen molar-refractivity contribution in [1.29, 1.82) is 0 Å². The summed E-state index contributed by atoms with van der Waals surface area (Å²) in [6.45, 7) is 3.62. The monoisotopic (exact) mass is 398 g/mol. The van der Waals surface area contributed by atoms with E-state index >= 15 is 0 Å². The minimum Gasteiger partial charge on any atom is -0.390 e. The van der Waals surface area contributed by atoms with Crippen LogP contribution in [0.3, 0.4) is 0 Å². The van der Waals surface area contributed by atoms with E-state index in [2.05, 4.69) is 20.5 Å². The molecule has 0 saturated heterocycles. The molecule has 0 fully saturated rings. The Kier molecular flexibility index (Phi) is 4.25. The molecule has 3 heterocycles. The number of benzene rings is 2. The fourth-order valence-electron chi connectivity index (χ4n) is 3.59. The lowest BCUT2D eigenvalue weighted by molar-refractivity contribution is 0.0810. The number of anilines is 2. The molecule has 0 unspecified atom stereocenters. The zero-order valence-electron chi connectivity index (χ0n) is 16.8. The number of aromatic nitrogens is 5. The van der Waals surface area contributed by atoms with Gasteiger partial charge in [-0.15, -0.1) is 0 Å². The quantitative estimate of drug-likeness (QED) is 0.410. The summed E-state index contributed by atoms with van der Waals surface area (Å²) in [6.07, 6.45) is 8.04. The number of H-pyrrole nitrogens is 1. The van der Waals surface area contributed by atoms with Crippen LogP contribution in [0.15, 0.2) is 67.3 Å². The van der Waals surface area contributed by atoms with Gasteiger partial charge in [0.05, 0.1) is 23.0 Å². The second-order valence-electron chi connectivity index (χ2n) is 8.12. The van der Waals surface area contributed by atoms with Crippen LogP contribution in [0.5, 0.6) is 0 Å². The zero-order chi connectivity index (χ0) is 20.7. The number of hydrogen-bond acceptors (Lipinski definition) is 5. The summed E-state index contributed by atoms with van der Waals surface area (Å²) in [6, 6.07) is 14.1. The average Bonchev–Trinajstić information content (AvgIpc) is 3.36. The molecule has 0 amide bonds. The molecule has 3 N–H and O–H groups in total. The first-order chi connectivity index (χ1) is 14.4. The molecule has 0 atom stereocenters. The number of nitrogens with zero attached hydrogens (tertiary/aromatic N) is 4. The third-order valence-corrected chi connectivity index (χ3v) is 4.97. The third-order valence-electron chi connectivity index (χ3n) is 4.97. The van der Waals surface area contributed by atoms with Crippen molar-refractivity contribution in [2.24, 2.45) is 0 Å². The van der Waals surface area contributed by atoms with Crippen molar-refractivity contribution in [2.45, 2.75) is 25.9 Å². The average molecular weight is 398 g/mol. The Labute approximate surface area is 173 Å². The number of aromatic amines is 1. The van der Waals surface area contributed by atoms with Crippen molar-refractivity contribution in [3.8, 4) is 11.3 Å². The number of fused-ring (bicyclic) bond motifs is 2. The first-order valence-corrected chi connectivity index (χ1v) is 9.80. The number of nitrogens with one attached hydrogen (secondary N) is 2. The molecule has 5 rings (SSSR count). The van der Waals surface area contributed by atoms with Gasteiger partial charge in [0.1, 0.15) is 0 Å². The van der Waals surface area contributed by atoms with E-state index in [1.54, 1.807) is 12.4 Å². The largest absolute Gasteiger partial charge is 0.390 e.